The molecule has 2 rings (SSSR count). The molecule has 2 aliphatic carbocycles. The van der Waals surface area contributed by atoms with E-state index >= 15 is 0 Å². The van der Waals surface area contributed by atoms with Gasteiger partial charge in [-0.3, -0.25) is 0 Å². The third-order valence-electron chi connectivity index (χ3n) is 3.69. The molecule has 76 valence electrons. The van der Waals surface area contributed by atoms with E-state index in [-0.39, 0.29) is 37.2 Å². The second-order valence-corrected chi connectivity index (χ2v) is 4.56. The van der Waals surface area contributed by atoms with E-state index in [1.807, 2.05) is 0 Å². The monoisotopic (exact) mass is 190 g/mol. The van der Waals surface area contributed by atoms with Crippen molar-refractivity contribution < 1.29 is 13.9 Å². The van der Waals surface area contributed by atoms with Gasteiger partial charge < -0.3 is 5.11 Å². The molecule has 0 spiro atoms. The summed E-state index contributed by atoms with van der Waals surface area (Å²) in [7, 11) is 0. The Hall–Kier alpha value is -0.180. The number of hydrogen-bond acceptors (Lipinski definition) is 1. The number of alkyl halides is 2. The van der Waals surface area contributed by atoms with Crippen LogP contribution in [0.3, 0.4) is 0 Å². The van der Waals surface area contributed by atoms with Crippen LogP contribution in [-0.2, 0) is 0 Å². The first-order chi connectivity index (χ1) is 6.12. The molecule has 0 aromatic heterocycles. The molecule has 2 saturated carbocycles. The molecular weight excluding hydrogens is 174 g/mol. The number of halogens is 2. The van der Waals surface area contributed by atoms with Crippen molar-refractivity contribution >= 4 is 0 Å². The van der Waals surface area contributed by atoms with Gasteiger partial charge in [-0.15, -0.1) is 0 Å². The standard InChI is InChI=1S/C10H16F2O/c11-10(12)4-7-2-1-3-8(5-10)9(7)6-13/h7-9,13H,1-6H2. The van der Waals surface area contributed by atoms with E-state index in [1.54, 1.807) is 0 Å². The van der Waals surface area contributed by atoms with E-state index in [0.29, 0.717) is 0 Å². The van der Waals surface area contributed by atoms with Crippen molar-refractivity contribution in [3.05, 3.63) is 0 Å². The molecule has 0 heterocycles. The van der Waals surface area contributed by atoms with Crippen LogP contribution in [-0.4, -0.2) is 17.6 Å². The average Bonchev–Trinajstić information content (AvgIpc) is 2.01. The van der Waals surface area contributed by atoms with E-state index in [1.165, 1.54) is 0 Å². The topological polar surface area (TPSA) is 20.2 Å². The minimum absolute atomic E-state index is 0.00866. The van der Waals surface area contributed by atoms with Crippen molar-refractivity contribution in [1.82, 2.24) is 0 Å². The zero-order valence-electron chi connectivity index (χ0n) is 7.68. The maximum atomic E-state index is 13.2. The van der Waals surface area contributed by atoms with Crippen molar-refractivity contribution in [2.75, 3.05) is 6.61 Å². The zero-order chi connectivity index (χ0) is 9.47. The summed E-state index contributed by atoms with van der Waals surface area (Å²) >= 11 is 0. The van der Waals surface area contributed by atoms with Gasteiger partial charge in [0.2, 0.25) is 5.92 Å². The SMILES string of the molecule is OCC1C2CCCC1CC(F)(F)C2. The molecule has 2 bridgehead atoms. The Bertz CT molecular complexity index is 177. The minimum Gasteiger partial charge on any atom is -0.396 e. The molecule has 0 saturated heterocycles. The predicted octanol–water partition coefficient (Wildman–Crippen LogP) is 2.44. The van der Waals surface area contributed by atoms with Crippen LogP contribution in [0.5, 0.6) is 0 Å². The van der Waals surface area contributed by atoms with Crippen LogP contribution in [0.15, 0.2) is 0 Å². The van der Waals surface area contributed by atoms with Gasteiger partial charge in [0.25, 0.3) is 0 Å². The van der Waals surface area contributed by atoms with Crippen molar-refractivity contribution in [2.45, 2.75) is 38.0 Å². The maximum absolute atomic E-state index is 13.2. The van der Waals surface area contributed by atoms with Gasteiger partial charge in [-0.05, 0) is 30.6 Å². The van der Waals surface area contributed by atoms with E-state index in [9.17, 15) is 8.78 Å². The molecule has 13 heavy (non-hydrogen) atoms. The fourth-order valence-corrected chi connectivity index (χ4v) is 3.11. The lowest BCUT2D eigenvalue weighted by Crippen LogP contribution is -2.43. The summed E-state index contributed by atoms with van der Waals surface area (Å²) in [6.45, 7) is 0.103. The summed E-state index contributed by atoms with van der Waals surface area (Å²) in [6, 6.07) is 0. The predicted molar refractivity (Wildman–Crippen MR) is 45.6 cm³/mol. The Labute approximate surface area is 77.1 Å². The highest BCUT2D eigenvalue weighted by Gasteiger charge is 2.47. The van der Waals surface area contributed by atoms with Crippen LogP contribution < -0.4 is 0 Å². The molecule has 1 nitrogen and oxygen atoms in total. The van der Waals surface area contributed by atoms with Gasteiger partial charge in [0.1, 0.15) is 0 Å². The molecule has 2 fully saturated rings. The fourth-order valence-electron chi connectivity index (χ4n) is 3.11. The summed E-state index contributed by atoms with van der Waals surface area (Å²) in [5.41, 5.74) is 0. The van der Waals surface area contributed by atoms with Crippen LogP contribution in [0, 0.1) is 17.8 Å². The fraction of sp³-hybridized carbons (Fsp3) is 1.00. The van der Waals surface area contributed by atoms with Gasteiger partial charge in [0, 0.05) is 19.4 Å². The highest BCUT2D eigenvalue weighted by molar-refractivity contribution is 4.92. The molecule has 0 aromatic carbocycles. The van der Waals surface area contributed by atoms with Crippen molar-refractivity contribution in [2.24, 2.45) is 17.8 Å². The molecule has 2 atom stereocenters. The quantitative estimate of drug-likeness (QED) is 0.673. The highest BCUT2D eigenvalue weighted by atomic mass is 19.3. The minimum atomic E-state index is -2.46. The molecule has 3 heteroatoms. The molecule has 0 radical (unpaired) electrons. The van der Waals surface area contributed by atoms with E-state index in [0.717, 1.165) is 19.3 Å². The van der Waals surface area contributed by atoms with Gasteiger partial charge in [0.05, 0.1) is 0 Å². The van der Waals surface area contributed by atoms with Gasteiger partial charge in [0.15, 0.2) is 0 Å². The maximum Gasteiger partial charge on any atom is 0.248 e. The summed E-state index contributed by atoms with van der Waals surface area (Å²) < 4.78 is 26.3. The number of hydrogen-bond donors (Lipinski definition) is 1. The molecule has 0 aromatic rings. The Morgan fingerprint density at radius 1 is 1.15 bits per heavy atom. The Morgan fingerprint density at radius 3 is 2.15 bits per heavy atom. The first-order valence-corrected chi connectivity index (χ1v) is 5.11. The molecule has 2 unspecified atom stereocenters. The molecule has 1 N–H and O–H groups in total. The Kier molecular flexibility index (Phi) is 2.30. The summed E-state index contributed by atoms with van der Waals surface area (Å²) in [5, 5.41) is 9.12. The number of aliphatic hydroxyl groups excluding tert-OH is 1. The van der Waals surface area contributed by atoms with Crippen molar-refractivity contribution in [1.29, 1.82) is 0 Å². The lowest BCUT2D eigenvalue weighted by molar-refractivity contribution is -0.118. The molecule has 0 aliphatic heterocycles. The lowest BCUT2D eigenvalue weighted by Gasteiger charge is -2.44. The lowest BCUT2D eigenvalue weighted by atomic mass is 9.64. The third kappa shape index (κ3) is 1.71. The van der Waals surface area contributed by atoms with Crippen molar-refractivity contribution in [3.63, 3.8) is 0 Å². The van der Waals surface area contributed by atoms with Crippen molar-refractivity contribution in [3.8, 4) is 0 Å². The first kappa shape index (κ1) is 9.38. The number of rotatable bonds is 1. The van der Waals surface area contributed by atoms with Crippen LogP contribution >= 0.6 is 0 Å². The van der Waals surface area contributed by atoms with E-state index in [4.69, 9.17) is 5.11 Å². The third-order valence-corrected chi connectivity index (χ3v) is 3.69. The van der Waals surface area contributed by atoms with Crippen LogP contribution in [0.1, 0.15) is 32.1 Å². The van der Waals surface area contributed by atoms with E-state index in [2.05, 4.69) is 0 Å². The number of fused-ring (bicyclic) bond motifs is 2. The molecule has 0 amide bonds. The van der Waals surface area contributed by atoms with Crippen LogP contribution in [0.25, 0.3) is 0 Å². The Balaban J connectivity index is 2.12. The summed E-state index contributed by atoms with van der Waals surface area (Å²) in [4.78, 5) is 0. The highest BCUT2D eigenvalue weighted by Crippen LogP contribution is 2.50. The smallest absolute Gasteiger partial charge is 0.248 e. The van der Waals surface area contributed by atoms with E-state index < -0.39 is 5.92 Å². The molecular formula is C10H16F2O. The van der Waals surface area contributed by atoms with Crippen LogP contribution in [0.4, 0.5) is 8.78 Å². The van der Waals surface area contributed by atoms with Gasteiger partial charge in [-0.25, -0.2) is 8.78 Å². The van der Waals surface area contributed by atoms with Crippen LogP contribution in [0.2, 0.25) is 0 Å². The normalized spacial score (nSPS) is 43.2. The van der Waals surface area contributed by atoms with Gasteiger partial charge >= 0.3 is 0 Å². The Morgan fingerprint density at radius 2 is 1.69 bits per heavy atom. The second kappa shape index (κ2) is 3.19. The summed E-state index contributed by atoms with van der Waals surface area (Å²) in [6.07, 6.45) is 2.86. The molecule has 2 aliphatic rings. The average molecular weight is 190 g/mol. The zero-order valence-corrected chi connectivity index (χ0v) is 7.68. The second-order valence-electron chi connectivity index (χ2n) is 4.56. The first-order valence-electron chi connectivity index (χ1n) is 5.11. The van der Waals surface area contributed by atoms with Gasteiger partial charge in [-0.1, -0.05) is 6.42 Å². The largest absolute Gasteiger partial charge is 0.396 e. The number of aliphatic hydroxyl groups is 1. The summed E-state index contributed by atoms with van der Waals surface area (Å²) in [5.74, 6) is -2.14. The van der Waals surface area contributed by atoms with Gasteiger partial charge in [-0.2, -0.15) is 0 Å².